The first-order valence-electron chi connectivity index (χ1n) is 6.18. The van der Waals surface area contributed by atoms with Gasteiger partial charge in [-0.05, 0) is 25.5 Å². The van der Waals surface area contributed by atoms with Crippen LogP contribution in [0.4, 0.5) is 0 Å². The van der Waals surface area contributed by atoms with E-state index in [-0.39, 0.29) is 17.5 Å². The number of ether oxygens (including phenoxy) is 1. The molecule has 0 saturated heterocycles. The van der Waals surface area contributed by atoms with Gasteiger partial charge >= 0.3 is 0 Å². The standard InChI is InChI=1S/C15H18N2O2/c1-4-11(2)17-15(18)13(10-16)9-12-7-5-6-8-14(12)19-3/h5-9,11H,4H2,1-3H3,(H,17,18)/b13-9+/t11-/m1/s1. The summed E-state index contributed by atoms with van der Waals surface area (Å²) in [5.74, 6) is 0.273. The molecule has 4 nitrogen and oxygen atoms in total. The molecule has 1 aromatic rings. The van der Waals surface area contributed by atoms with Crippen LogP contribution in [0, 0.1) is 11.3 Å². The minimum atomic E-state index is -0.359. The largest absolute Gasteiger partial charge is 0.496 e. The molecule has 1 atom stereocenters. The molecule has 0 fully saturated rings. The van der Waals surface area contributed by atoms with Gasteiger partial charge in [0.1, 0.15) is 17.4 Å². The number of rotatable bonds is 5. The Labute approximate surface area is 113 Å². The van der Waals surface area contributed by atoms with Gasteiger partial charge in [-0.3, -0.25) is 4.79 Å². The zero-order valence-electron chi connectivity index (χ0n) is 11.4. The molecule has 0 aliphatic heterocycles. The molecule has 1 N–H and O–H groups in total. The summed E-state index contributed by atoms with van der Waals surface area (Å²) in [7, 11) is 1.55. The predicted molar refractivity (Wildman–Crippen MR) is 74.5 cm³/mol. The van der Waals surface area contributed by atoms with Crippen molar-refractivity contribution in [3.63, 3.8) is 0 Å². The molecule has 1 amide bonds. The molecule has 0 saturated carbocycles. The third kappa shape index (κ3) is 4.14. The smallest absolute Gasteiger partial charge is 0.262 e. The Morgan fingerprint density at radius 3 is 2.79 bits per heavy atom. The number of nitriles is 1. The summed E-state index contributed by atoms with van der Waals surface area (Å²) >= 11 is 0. The van der Waals surface area contributed by atoms with Gasteiger partial charge in [0.2, 0.25) is 0 Å². The van der Waals surface area contributed by atoms with Crippen molar-refractivity contribution in [1.29, 1.82) is 5.26 Å². The SMILES string of the molecule is CC[C@@H](C)NC(=O)/C(C#N)=C/c1ccccc1OC. The lowest BCUT2D eigenvalue weighted by molar-refractivity contribution is -0.117. The molecule has 0 unspecified atom stereocenters. The van der Waals surface area contributed by atoms with Crippen LogP contribution < -0.4 is 10.1 Å². The van der Waals surface area contributed by atoms with Crippen LogP contribution in [0.2, 0.25) is 0 Å². The highest BCUT2D eigenvalue weighted by atomic mass is 16.5. The van der Waals surface area contributed by atoms with Crippen molar-refractivity contribution in [3.8, 4) is 11.8 Å². The number of carbonyl (C=O) groups excluding carboxylic acids is 1. The summed E-state index contributed by atoms with van der Waals surface area (Å²) in [6.07, 6.45) is 2.36. The normalized spacial score (nSPS) is 12.4. The van der Waals surface area contributed by atoms with Crippen molar-refractivity contribution in [2.45, 2.75) is 26.3 Å². The maximum atomic E-state index is 11.9. The maximum absolute atomic E-state index is 11.9. The van der Waals surface area contributed by atoms with E-state index in [4.69, 9.17) is 10.00 Å². The molecule has 4 heteroatoms. The van der Waals surface area contributed by atoms with Gasteiger partial charge in [-0.25, -0.2) is 0 Å². The molecule has 1 aromatic carbocycles. The Kier molecular flexibility index (Phi) is 5.62. The molecule has 0 heterocycles. The molecule has 0 aliphatic rings. The lowest BCUT2D eigenvalue weighted by Gasteiger charge is -2.10. The average Bonchev–Trinajstić information content (AvgIpc) is 2.44. The van der Waals surface area contributed by atoms with Crippen molar-refractivity contribution in [2.24, 2.45) is 0 Å². The average molecular weight is 258 g/mol. The number of hydrogen-bond donors (Lipinski definition) is 1. The van der Waals surface area contributed by atoms with Crippen molar-refractivity contribution >= 4 is 12.0 Å². The van der Waals surface area contributed by atoms with Gasteiger partial charge in [0.25, 0.3) is 5.91 Å². The van der Waals surface area contributed by atoms with E-state index in [2.05, 4.69) is 5.32 Å². The minimum Gasteiger partial charge on any atom is -0.496 e. The molecule has 100 valence electrons. The Bertz CT molecular complexity index is 515. The number of methoxy groups -OCH3 is 1. The second-order valence-corrected chi connectivity index (χ2v) is 4.19. The first-order chi connectivity index (χ1) is 9.12. The van der Waals surface area contributed by atoms with Crippen LogP contribution in [-0.4, -0.2) is 19.1 Å². The van der Waals surface area contributed by atoms with Crippen LogP contribution in [0.1, 0.15) is 25.8 Å². The molecule has 1 rings (SSSR count). The number of para-hydroxylation sites is 1. The van der Waals surface area contributed by atoms with Crippen LogP contribution in [0.15, 0.2) is 29.8 Å². The Morgan fingerprint density at radius 2 is 2.21 bits per heavy atom. The van der Waals surface area contributed by atoms with Gasteiger partial charge < -0.3 is 10.1 Å². The number of amides is 1. The van der Waals surface area contributed by atoms with Crippen LogP contribution in [0.3, 0.4) is 0 Å². The third-order valence-corrected chi connectivity index (χ3v) is 2.79. The monoisotopic (exact) mass is 258 g/mol. The highest BCUT2D eigenvalue weighted by Crippen LogP contribution is 2.20. The third-order valence-electron chi connectivity index (χ3n) is 2.79. The first-order valence-corrected chi connectivity index (χ1v) is 6.18. The van der Waals surface area contributed by atoms with Crippen LogP contribution in [0.5, 0.6) is 5.75 Å². The second kappa shape index (κ2) is 7.22. The summed E-state index contributed by atoms with van der Waals surface area (Å²) in [5.41, 5.74) is 0.783. The minimum absolute atomic E-state index is 0.0434. The molecule has 0 aliphatic carbocycles. The van der Waals surface area contributed by atoms with Crippen LogP contribution in [-0.2, 0) is 4.79 Å². The van der Waals surface area contributed by atoms with Gasteiger partial charge in [0.15, 0.2) is 0 Å². The van der Waals surface area contributed by atoms with E-state index in [1.54, 1.807) is 19.2 Å². The number of nitrogens with zero attached hydrogens (tertiary/aromatic N) is 1. The molecule has 0 aromatic heterocycles. The van der Waals surface area contributed by atoms with E-state index in [1.807, 2.05) is 32.0 Å². The quantitative estimate of drug-likeness (QED) is 0.652. The number of hydrogen-bond acceptors (Lipinski definition) is 3. The van der Waals surface area contributed by atoms with Gasteiger partial charge in [0, 0.05) is 11.6 Å². The lowest BCUT2D eigenvalue weighted by Crippen LogP contribution is -2.32. The van der Waals surface area contributed by atoms with Gasteiger partial charge in [0.05, 0.1) is 7.11 Å². The maximum Gasteiger partial charge on any atom is 0.262 e. The summed E-state index contributed by atoms with van der Waals surface area (Å²) < 4.78 is 5.19. The second-order valence-electron chi connectivity index (χ2n) is 4.19. The fourth-order valence-electron chi connectivity index (χ4n) is 1.49. The molecule has 0 radical (unpaired) electrons. The molecule has 0 bridgehead atoms. The van der Waals surface area contributed by atoms with E-state index in [0.29, 0.717) is 11.3 Å². The van der Waals surface area contributed by atoms with Crippen molar-refractivity contribution in [3.05, 3.63) is 35.4 Å². The van der Waals surface area contributed by atoms with E-state index >= 15 is 0 Å². The van der Waals surface area contributed by atoms with Crippen molar-refractivity contribution < 1.29 is 9.53 Å². The van der Waals surface area contributed by atoms with Gasteiger partial charge in [-0.2, -0.15) is 5.26 Å². The van der Waals surface area contributed by atoms with E-state index in [1.165, 1.54) is 6.08 Å². The molecular weight excluding hydrogens is 240 g/mol. The number of benzene rings is 1. The van der Waals surface area contributed by atoms with E-state index < -0.39 is 0 Å². The molecule has 0 spiro atoms. The Morgan fingerprint density at radius 1 is 1.53 bits per heavy atom. The zero-order valence-corrected chi connectivity index (χ0v) is 11.4. The molecular formula is C15H18N2O2. The summed E-state index contributed by atoms with van der Waals surface area (Å²) in [6, 6.07) is 9.22. The number of carbonyl (C=O) groups is 1. The fraction of sp³-hybridized carbons (Fsp3) is 0.333. The lowest BCUT2D eigenvalue weighted by atomic mass is 10.1. The van der Waals surface area contributed by atoms with Crippen molar-refractivity contribution in [2.75, 3.05) is 7.11 Å². The Hall–Kier alpha value is -2.28. The van der Waals surface area contributed by atoms with Crippen LogP contribution >= 0.6 is 0 Å². The molecule has 19 heavy (non-hydrogen) atoms. The van der Waals surface area contributed by atoms with E-state index in [0.717, 1.165) is 6.42 Å². The van der Waals surface area contributed by atoms with Crippen molar-refractivity contribution in [1.82, 2.24) is 5.32 Å². The predicted octanol–water partition coefficient (Wildman–Crippen LogP) is 2.52. The topological polar surface area (TPSA) is 62.1 Å². The van der Waals surface area contributed by atoms with Crippen LogP contribution in [0.25, 0.3) is 6.08 Å². The zero-order chi connectivity index (χ0) is 14.3. The highest BCUT2D eigenvalue weighted by Gasteiger charge is 2.12. The van der Waals surface area contributed by atoms with Gasteiger partial charge in [-0.15, -0.1) is 0 Å². The first kappa shape index (κ1) is 14.8. The summed E-state index contributed by atoms with van der Waals surface area (Å²) in [4.78, 5) is 11.9. The fourth-order valence-corrected chi connectivity index (χ4v) is 1.49. The van der Waals surface area contributed by atoms with E-state index in [9.17, 15) is 4.79 Å². The Balaban J connectivity index is 3.00. The summed E-state index contributed by atoms with van der Waals surface area (Å²) in [5, 5.41) is 11.9. The summed E-state index contributed by atoms with van der Waals surface area (Å²) in [6.45, 7) is 3.87. The number of nitrogens with one attached hydrogen (secondary N) is 1. The van der Waals surface area contributed by atoms with Gasteiger partial charge in [-0.1, -0.05) is 25.1 Å². The highest BCUT2D eigenvalue weighted by molar-refractivity contribution is 6.02.